The van der Waals surface area contributed by atoms with Crippen molar-refractivity contribution in [2.45, 2.75) is 26.2 Å². The first-order valence-corrected chi connectivity index (χ1v) is 7.73. The van der Waals surface area contributed by atoms with E-state index in [1.165, 1.54) is 0 Å². The lowest BCUT2D eigenvalue weighted by Crippen LogP contribution is -2.27. The fourth-order valence-electron chi connectivity index (χ4n) is 1.80. The molecule has 0 N–H and O–H groups in total. The molecular weight excluding hydrogens is 236 g/mol. The zero-order valence-corrected chi connectivity index (χ0v) is 10.7. The van der Waals surface area contributed by atoms with Gasteiger partial charge < -0.3 is 4.74 Å². The number of ether oxygens (including phenoxy) is 1. The topological polar surface area (TPSA) is 43.4 Å². The van der Waals surface area contributed by atoms with Gasteiger partial charge in [-0.1, -0.05) is 6.92 Å². The predicted molar refractivity (Wildman–Crippen MR) is 62.2 cm³/mol. The molecule has 0 aliphatic carbocycles. The number of hydrogen-bond acceptors (Lipinski definition) is 3. The zero-order chi connectivity index (χ0) is 11.4. The van der Waals surface area contributed by atoms with Gasteiger partial charge in [0.05, 0.1) is 12.4 Å². The van der Waals surface area contributed by atoms with Crippen molar-refractivity contribution in [3.05, 3.63) is 0 Å². The van der Waals surface area contributed by atoms with Gasteiger partial charge in [-0.2, -0.15) is 0 Å². The lowest BCUT2D eigenvalue weighted by molar-refractivity contribution is 0.159. The highest BCUT2D eigenvalue weighted by Crippen LogP contribution is 2.34. The minimum atomic E-state index is -2.88. The van der Waals surface area contributed by atoms with Gasteiger partial charge in [0.25, 0.3) is 0 Å². The van der Waals surface area contributed by atoms with Crippen LogP contribution >= 0.6 is 11.6 Å². The van der Waals surface area contributed by atoms with Gasteiger partial charge >= 0.3 is 0 Å². The van der Waals surface area contributed by atoms with Crippen molar-refractivity contribution in [2.24, 2.45) is 5.41 Å². The molecule has 1 atom stereocenters. The summed E-state index contributed by atoms with van der Waals surface area (Å²) in [6.07, 6.45) is 2.21. The highest BCUT2D eigenvalue weighted by atomic mass is 35.5. The SMILES string of the molecule is CCCS(=O)(=O)CCC1(CCl)CCOC1. The molecule has 0 aromatic rings. The number of hydrogen-bond donors (Lipinski definition) is 0. The van der Waals surface area contributed by atoms with Crippen LogP contribution < -0.4 is 0 Å². The van der Waals surface area contributed by atoms with Crippen LogP contribution in [0.3, 0.4) is 0 Å². The fraction of sp³-hybridized carbons (Fsp3) is 1.00. The van der Waals surface area contributed by atoms with E-state index in [9.17, 15) is 8.42 Å². The predicted octanol–water partition coefficient (Wildman–Crippen LogP) is 1.85. The summed E-state index contributed by atoms with van der Waals surface area (Å²) in [5, 5.41) is 0. The molecule has 15 heavy (non-hydrogen) atoms. The van der Waals surface area contributed by atoms with E-state index in [-0.39, 0.29) is 16.9 Å². The maximum Gasteiger partial charge on any atom is 0.150 e. The molecule has 0 bridgehead atoms. The van der Waals surface area contributed by atoms with E-state index in [0.29, 0.717) is 31.9 Å². The highest BCUT2D eigenvalue weighted by Gasteiger charge is 2.35. The van der Waals surface area contributed by atoms with E-state index in [0.717, 1.165) is 6.42 Å². The lowest BCUT2D eigenvalue weighted by Gasteiger charge is -2.23. The van der Waals surface area contributed by atoms with Gasteiger partial charge in [0.1, 0.15) is 9.84 Å². The Balaban J connectivity index is 2.47. The number of sulfone groups is 1. The van der Waals surface area contributed by atoms with Crippen LogP contribution in [-0.4, -0.2) is 39.0 Å². The molecule has 0 spiro atoms. The maximum atomic E-state index is 11.6. The summed E-state index contributed by atoms with van der Waals surface area (Å²) in [4.78, 5) is 0. The van der Waals surface area contributed by atoms with Crippen LogP contribution in [-0.2, 0) is 14.6 Å². The molecule has 0 aromatic carbocycles. The summed E-state index contributed by atoms with van der Waals surface area (Å²) in [5.41, 5.74) is -0.0949. The Morgan fingerprint density at radius 3 is 2.60 bits per heavy atom. The third-order valence-electron chi connectivity index (χ3n) is 2.93. The minimum Gasteiger partial charge on any atom is -0.381 e. The summed E-state index contributed by atoms with van der Waals surface area (Å²) in [6, 6.07) is 0. The Kier molecular flexibility index (Phi) is 4.87. The second-order valence-electron chi connectivity index (χ2n) is 4.34. The van der Waals surface area contributed by atoms with Gasteiger partial charge in [-0.15, -0.1) is 11.6 Å². The van der Waals surface area contributed by atoms with Gasteiger partial charge in [0.2, 0.25) is 0 Å². The van der Waals surface area contributed by atoms with Gasteiger partial charge in [-0.25, -0.2) is 8.42 Å². The molecular formula is C10H19ClO3S. The average molecular weight is 255 g/mol. The third kappa shape index (κ3) is 3.93. The van der Waals surface area contributed by atoms with E-state index < -0.39 is 9.84 Å². The van der Waals surface area contributed by atoms with Crippen molar-refractivity contribution in [1.82, 2.24) is 0 Å². The molecule has 90 valence electrons. The van der Waals surface area contributed by atoms with Gasteiger partial charge in [-0.3, -0.25) is 0 Å². The minimum absolute atomic E-state index is 0.0949. The fourth-order valence-corrected chi connectivity index (χ4v) is 3.72. The summed E-state index contributed by atoms with van der Waals surface area (Å²) in [7, 11) is -2.88. The summed E-state index contributed by atoms with van der Waals surface area (Å²) >= 11 is 5.90. The molecule has 1 aliphatic heterocycles. The van der Waals surface area contributed by atoms with Crippen molar-refractivity contribution in [2.75, 3.05) is 30.6 Å². The molecule has 3 nitrogen and oxygen atoms in total. The van der Waals surface area contributed by atoms with E-state index in [1.54, 1.807) is 0 Å². The normalized spacial score (nSPS) is 27.1. The Morgan fingerprint density at radius 1 is 1.40 bits per heavy atom. The van der Waals surface area contributed by atoms with E-state index >= 15 is 0 Å². The smallest absolute Gasteiger partial charge is 0.150 e. The lowest BCUT2D eigenvalue weighted by atomic mass is 9.87. The summed E-state index contributed by atoms with van der Waals surface area (Å²) in [5.74, 6) is 1.03. The average Bonchev–Trinajstić information content (AvgIpc) is 2.64. The van der Waals surface area contributed by atoms with Crippen LogP contribution in [0.5, 0.6) is 0 Å². The van der Waals surface area contributed by atoms with Crippen molar-refractivity contribution in [3.8, 4) is 0 Å². The molecule has 1 rings (SSSR count). The Morgan fingerprint density at radius 2 is 2.13 bits per heavy atom. The second kappa shape index (κ2) is 5.51. The van der Waals surface area contributed by atoms with Crippen LogP contribution in [0.1, 0.15) is 26.2 Å². The van der Waals surface area contributed by atoms with Crippen LogP contribution in [0.2, 0.25) is 0 Å². The molecule has 1 aliphatic rings. The first-order chi connectivity index (χ1) is 7.04. The summed E-state index contributed by atoms with van der Waals surface area (Å²) in [6.45, 7) is 3.20. The first-order valence-electron chi connectivity index (χ1n) is 5.38. The Bertz CT molecular complexity index is 281. The highest BCUT2D eigenvalue weighted by molar-refractivity contribution is 7.91. The van der Waals surface area contributed by atoms with Crippen LogP contribution in [0, 0.1) is 5.41 Å². The Hall–Kier alpha value is 0.200. The number of halogens is 1. The van der Waals surface area contributed by atoms with Crippen LogP contribution in [0.4, 0.5) is 0 Å². The molecule has 1 fully saturated rings. The van der Waals surface area contributed by atoms with Gasteiger partial charge in [-0.05, 0) is 19.3 Å². The molecule has 1 unspecified atom stereocenters. The largest absolute Gasteiger partial charge is 0.381 e. The maximum absolute atomic E-state index is 11.6. The molecule has 0 amide bonds. The standard InChI is InChI=1S/C10H19ClO3S/c1-2-6-15(12,13)7-4-10(8-11)3-5-14-9-10/h2-9H2,1H3. The number of rotatable bonds is 6. The molecule has 1 heterocycles. The molecule has 0 saturated carbocycles. The van der Waals surface area contributed by atoms with E-state index in [2.05, 4.69) is 0 Å². The van der Waals surface area contributed by atoms with Crippen molar-refractivity contribution < 1.29 is 13.2 Å². The molecule has 0 aromatic heterocycles. The molecule has 1 saturated heterocycles. The van der Waals surface area contributed by atoms with E-state index in [4.69, 9.17) is 16.3 Å². The van der Waals surface area contributed by atoms with Crippen LogP contribution in [0.25, 0.3) is 0 Å². The molecule has 5 heteroatoms. The second-order valence-corrected chi connectivity index (χ2v) is 6.91. The van der Waals surface area contributed by atoms with Crippen LogP contribution in [0.15, 0.2) is 0 Å². The van der Waals surface area contributed by atoms with Gasteiger partial charge in [0, 0.05) is 23.7 Å². The Labute approximate surface area is 97.1 Å². The number of alkyl halides is 1. The van der Waals surface area contributed by atoms with Crippen molar-refractivity contribution in [3.63, 3.8) is 0 Å². The van der Waals surface area contributed by atoms with E-state index in [1.807, 2.05) is 6.92 Å². The molecule has 0 radical (unpaired) electrons. The first kappa shape index (κ1) is 13.3. The van der Waals surface area contributed by atoms with Gasteiger partial charge in [0.15, 0.2) is 0 Å². The zero-order valence-electron chi connectivity index (χ0n) is 9.17. The quantitative estimate of drug-likeness (QED) is 0.680. The third-order valence-corrected chi connectivity index (χ3v) is 5.35. The summed E-state index contributed by atoms with van der Waals surface area (Å²) < 4.78 is 28.4. The monoisotopic (exact) mass is 254 g/mol. The van der Waals surface area contributed by atoms with Crippen molar-refractivity contribution >= 4 is 21.4 Å². The van der Waals surface area contributed by atoms with Crippen molar-refractivity contribution in [1.29, 1.82) is 0 Å².